The molecule has 1 unspecified atom stereocenters. The third-order valence-corrected chi connectivity index (χ3v) is 11.4. The van der Waals surface area contributed by atoms with E-state index in [1.54, 1.807) is 0 Å². The summed E-state index contributed by atoms with van der Waals surface area (Å²) in [5.41, 5.74) is 0. The number of rotatable bonds is 39. The van der Waals surface area contributed by atoms with Gasteiger partial charge in [-0.05, 0) is 25.7 Å². The topological polar surface area (TPSA) is 49.4 Å². The zero-order chi connectivity index (χ0) is 36.2. The molecule has 1 N–H and O–H groups in total. The molecular weight excluding hydrogens is 615 g/mol. The van der Waals surface area contributed by atoms with E-state index in [1.165, 1.54) is 193 Å². The van der Waals surface area contributed by atoms with Gasteiger partial charge in [-0.3, -0.25) is 14.5 Å². The summed E-state index contributed by atoms with van der Waals surface area (Å²) in [5, 5.41) is 3.20. The Morgan fingerprint density at radius 3 is 1.28 bits per heavy atom. The normalized spacial score (nSPS) is 14.5. The number of hydrogen-bond donors (Lipinski definition) is 1. The number of likely N-dealkylation sites (tertiary alicyclic amines) is 1. The second-order valence-electron chi connectivity index (χ2n) is 16.7. The van der Waals surface area contributed by atoms with Crippen molar-refractivity contribution in [1.82, 2.24) is 10.2 Å². The van der Waals surface area contributed by atoms with Crippen LogP contribution in [0.15, 0.2) is 0 Å². The smallest absolute Gasteiger partial charge is 0.226 e. The summed E-state index contributed by atoms with van der Waals surface area (Å²) in [6, 6.07) is 0. The number of amides is 2. The van der Waals surface area contributed by atoms with E-state index in [0.29, 0.717) is 18.7 Å². The average molecular weight is 705 g/mol. The van der Waals surface area contributed by atoms with Gasteiger partial charge in [0.2, 0.25) is 11.8 Å². The lowest BCUT2D eigenvalue weighted by molar-refractivity contribution is -0.918. The van der Waals surface area contributed by atoms with Crippen molar-refractivity contribution in [3.63, 3.8) is 0 Å². The number of unbranched alkanes of at least 4 members (excludes halogenated alkanes) is 29. The summed E-state index contributed by atoms with van der Waals surface area (Å²) in [7, 11) is 2.34. The summed E-state index contributed by atoms with van der Waals surface area (Å²) >= 11 is 0. The van der Waals surface area contributed by atoms with Crippen LogP contribution in [0, 0.1) is 0 Å². The van der Waals surface area contributed by atoms with Gasteiger partial charge in [0.15, 0.2) is 6.67 Å². The molecule has 296 valence electrons. The molecule has 1 rings (SSSR count). The molecule has 5 heteroatoms. The molecule has 0 spiro atoms. The maximum absolute atomic E-state index is 12.5. The standard InChI is InChI=1S/C45H89N3O2/c1-4-6-8-10-12-14-16-18-20-22-24-26-28-30-32-34-41-48(3,43-47-40-35-38-45(47)50)42-36-39-46-44(49)37-33-31-29-27-25-23-21-19-17-15-13-11-9-7-5-2/h4-43H2,1-3H3/p+1. The zero-order valence-electron chi connectivity index (χ0n) is 34.5. The monoisotopic (exact) mass is 705 g/mol. The lowest BCUT2D eigenvalue weighted by Gasteiger charge is -2.38. The van der Waals surface area contributed by atoms with Crippen LogP contribution in [0.25, 0.3) is 0 Å². The largest absolute Gasteiger partial charge is 0.356 e. The van der Waals surface area contributed by atoms with Crippen molar-refractivity contribution in [1.29, 1.82) is 0 Å². The van der Waals surface area contributed by atoms with Crippen molar-refractivity contribution >= 4 is 11.8 Å². The Balaban J connectivity index is 2.06. The van der Waals surface area contributed by atoms with E-state index < -0.39 is 0 Å². The van der Waals surface area contributed by atoms with Crippen LogP contribution in [-0.4, -0.2) is 61.1 Å². The zero-order valence-corrected chi connectivity index (χ0v) is 34.5. The van der Waals surface area contributed by atoms with E-state index in [9.17, 15) is 9.59 Å². The molecule has 5 nitrogen and oxygen atoms in total. The van der Waals surface area contributed by atoms with E-state index in [2.05, 4.69) is 31.1 Å². The van der Waals surface area contributed by atoms with E-state index in [1.807, 2.05) is 0 Å². The van der Waals surface area contributed by atoms with Crippen LogP contribution >= 0.6 is 0 Å². The number of nitrogens with zero attached hydrogens (tertiary/aromatic N) is 2. The summed E-state index contributed by atoms with van der Waals surface area (Å²) < 4.78 is 0.930. The van der Waals surface area contributed by atoms with Crippen LogP contribution < -0.4 is 5.32 Å². The summed E-state index contributed by atoms with van der Waals surface area (Å²) in [4.78, 5) is 27.0. The van der Waals surface area contributed by atoms with Gasteiger partial charge in [0.05, 0.1) is 20.1 Å². The third-order valence-electron chi connectivity index (χ3n) is 11.4. The molecule has 0 aliphatic carbocycles. The summed E-state index contributed by atoms with van der Waals surface area (Å²) in [6.07, 6.45) is 46.0. The van der Waals surface area contributed by atoms with E-state index in [4.69, 9.17) is 0 Å². The Bertz CT molecular complexity index is 759. The molecular formula is C45H90N3O2+. The van der Waals surface area contributed by atoms with Crippen LogP contribution in [0.5, 0.6) is 0 Å². The van der Waals surface area contributed by atoms with Crippen molar-refractivity contribution in [2.24, 2.45) is 0 Å². The predicted molar refractivity (Wildman–Crippen MR) is 218 cm³/mol. The molecule has 1 fully saturated rings. The fraction of sp³-hybridized carbons (Fsp3) is 0.956. The van der Waals surface area contributed by atoms with Crippen molar-refractivity contribution in [3.05, 3.63) is 0 Å². The molecule has 1 aliphatic heterocycles. The molecule has 1 aliphatic rings. The van der Waals surface area contributed by atoms with Crippen LogP contribution in [0.3, 0.4) is 0 Å². The maximum atomic E-state index is 12.5. The van der Waals surface area contributed by atoms with Gasteiger partial charge in [-0.25, -0.2) is 0 Å². The first-order valence-electron chi connectivity index (χ1n) is 22.9. The molecule has 50 heavy (non-hydrogen) atoms. The first kappa shape index (κ1) is 46.9. The van der Waals surface area contributed by atoms with Gasteiger partial charge in [0, 0.05) is 32.4 Å². The lowest BCUT2D eigenvalue weighted by atomic mass is 10.0. The highest BCUT2D eigenvalue weighted by Gasteiger charge is 2.29. The molecule has 0 aromatic rings. The van der Waals surface area contributed by atoms with Gasteiger partial charge in [-0.2, -0.15) is 0 Å². The van der Waals surface area contributed by atoms with Gasteiger partial charge in [-0.1, -0.05) is 194 Å². The SMILES string of the molecule is CCCCCCCCCCCCCCCCCC[N+](C)(CCCNC(=O)CCCCCCCCCCCCCCCCC)CN1CCCC1=O. The minimum absolute atomic E-state index is 0.224. The predicted octanol–water partition coefficient (Wildman–Crippen LogP) is 13.0. The highest BCUT2D eigenvalue weighted by molar-refractivity contribution is 5.77. The molecule has 0 saturated carbocycles. The highest BCUT2D eigenvalue weighted by atomic mass is 16.2. The van der Waals surface area contributed by atoms with Crippen LogP contribution in [0.2, 0.25) is 0 Å². The molecule has 1 atom stereocenters. The quantitative estimate of drug-likeness (QED) is 0.0511. The Morgan fingerprint density at radius 2 is 0.900 bits per heavy atom. The van der Waals surface area contributed by atoms with E-state index in [-0.39, 0.29) is 5.91 Å². The average Bonchev–Trinajstić information content (AvgIpc) is 3.51. The number of carbonyl (C=O) groups is 2. The minimum atomic E-state index is 0.224. The molecule has 1 heterocycles. The molecule has 0 aromatic carbocycles. The first-order chi connectivity index (χ1) is 24.5. The number of hydrogen-bond acceptors (Lipinski definition) is 2. The third kappa shape index (κ3) is 29.5. The summed E-state index contributed by atoms with van der Waals surface area (Å²) in [6.45, 7) is 9.27. The Labute approximate surface area is 313 Å². The molecule has 1 saturated heterocycles. The highest BCUT2D eigenvalue weighted by Crippen LogP contribution is 2.18. The van der Waals surface area contributed by atoms with Gasteiger partial charge >= 0.3 is 0 Å². The second kappa shape index (κ2) is 35.0. The molecule has 0 aromatic heterocycles. The molecule has 0 bridgehead atoms. The number of carbonyl (C=O) groups excluding carboxylic acids is 2. The molecule has 0 radical (unpaired) electrons. The molecule has 2 amide bonds. The van der Waals surface area contributed by atoms with Crippen molar-refractivity contribution in [3.8, 4) is 0 Å². The van der Waals surface area contributed by atoms with Crippen LogP contribution in [0.1, 0.15) is 239 Å². The lowest BCUT2D eigenvalue weighted by Crippen LogP contribution is -2.53. The first-order valence-corrected chi connectivity index (χ1v) is 22.9. The van der Waals surface area contributed by atoms with Gasteiger partial charge in [-0.15, -0.1) is 0 Å². The van der Waals surface area contributed by atoms with Crippen molar-refractivity contribution in [2.75, 3.05) is 39.9 Å². The van der Waals surface area contributed by atoms with Gasteiger partial charge < -0.3 is 9.80 Å². The van der Waals surface area contributed by atoms with Crippen molar-refractivity contribution < 1.29 is 14.1 Å². The Hall–Kier alpha value is -1.10. The Morgan fingerprint density at radius 1 is 0.540 bits per heavy atom. The van der Waals surface area contributed by atoms with Gasteiger partial charge in [0.1, 0.15) is 0 Å². The van der Waals surface area contributed by atoms with E-state index in [0.717, 1.165) is 56.6 Å². The fourth-order valence-corrected chi connectivity index (χ4v) is 7.99. The van der Waals surface area contributed by atoms with Crippen LogP contribution in [-0.2, 0) is 9.59 Å². The number of quaternary nitrogens is 1. The van der Waals surface area contributed by atoms with Gasteiger partial charge in [0.25, 0.3) is 0 Å². The second-order valence-corrected chi connectivity index (χ2v) is 16.7. The van der Waals surface area contributed by atoms with Crippen LogP contribution in [0.4, 0.5) is 0 Å². The minimum Gasteiger partial charge on any atom is -0.356 e. The number of nitrogens with one attached hydrogen (secondary N) is 1. The Kier molecular flexibility index (Phi) is 32.8. The van der Waals surface area contributed by atoms with Crippen molar-refractivity contribution in [2.45, 2.75) is 239 Å². The summed E-state index contributed by atoms with van der Waals surface area (Å²) in [5.74, 6) is 0.555. The van der Waals surface area contributed by atoms with E-state index >= 15 is 0 Å². The fourth-order valence-electron chi connectivity index (χ4n) is 7.99. The maximum Gasteiger partial charge on any atom is 0.226 e.